The van der Waals surface area contributed by atoms with Gasteiger partial charge in [-0.25, -0.2) is 0 Å². The molecule has 0 bridgehead atoms. The zero-order valence-corrected chi connectivity index (χ0v) is 19.8. The number of hydrogen-bond donors (Lipinski definition) is 11. The number of aliphatic hydroxyl groups is 11. The maximum atomic E-state index is 10.8. The molecule has 0 aromatic heterocycles. The van der Waals surface area contributed by atoms with E-state index in [9.17, 15) is 56.2 Å². The number of hydrogen-bond acceptors (Lipinski definition) is 17. The highest BCUT2D eigenvalue weighted by molar-refractivity contribution is 4.98. The molecule has 0 aromatic rings. The molecular formula is C20H36O17. The maximum absolute atomic E-state index is 10.8. The minimum absolute atomic E-state index is 0.198. The minimum atomic E-state index is -2.59. The highest BCUT2D eigenvalue weighted by Crippen LogP contribution is 2.37. The molecule has 15 atom stereocenters. The molecule has 0 spiro atoms. The van der Waals surface area contributed by atoms with Gasteiger partial charge in [0.2, 0.25) is 0 Å². The van der Waals surface area contributed by atoms with Gasteiger partial charge in [-0.15, -0.1) is 0 Å². The van der Waals surface area contributed by atoms with Crippen LogP contribution in [0.15, 0.2) is 0 Å². The summed E-state index contributed by atoms with van der Waals surface area (Å²) in [7, 11) is 0. The molecule has 0 amide bonds. The molecule has 3 heterocycles. The Morgan fingerprint density at radius 1 is 0.649 bits per heavy atom. The van der Waals surface area contributed by atoms with Crippen LogP contribution < -0.4 is 0 Å². The summed E-state index contributed by atoms with van der Waals surface area (Å²) in [6.07, 6.45) is -24.7. The van der Waals surface area contributed by atoms with E-state index in [1.807, 2.05) is 0 Å². The lowest BCUT2D eigenvalue weighted by molar-refractivity contribution is -0.484. The lowest BCUT2D eigenvalue weighted by Gasteiger charge is -2.51. The highest BCUT2D eigenvalue weighted by atomic mass is 16.9. The maximum Gasteiger partial charge on any atom is 0.314 e. The first-order chi connectivity index (χ1) is 17.5. The molecular weight excluding hydrogens is 512 g/mol. The molecule has 0 aliphatic carbocycles. The molecule has 2 unspecified atom stereocenters. The third-order valence-corrected chi connectivity index (χ3v) is 6.51. The fraction of sp³-hybridized carbons (Fsp3) is 1.00. The van der Waals surface area contributed by atoms with Crippen LogP contribution in [0.5, 0.6) is 0 Å². The van der Waals surface area contributed by atoms with E-state index in [1.54, 1.807) is 0 Å². The van der Waals surface area contributed by atoms with Gasteiger partial charge in [0.1, 0.15) is 67.1 Å². The molecule has 3 saturated heterocycles. The van der Waals surface area contributed by atoms with E-state index >= 15 is 0 Å². The molecule has 0 aromatic carbocycles. The van der Waals surface area contributed by atoms with Gasteiger partial charge in [-0.05, 0) is 6.92 Å². The van der Waals surface area contributed by atoms with Gasteiger partial charge in [-0.1, -0.05) is 0 Å². The SMILES string of the molecule is CCOC1(O[C@H]2[C@H](O)[C@@H](O)C(O[C@H]3[C@H](O)[C@@H](O)[C@@H](O)O[C@@H]3CO)O[C@@H]2CO)O[C@H](CO)[C@@H](O)[C@H](O)[C@H]1O. The number of ether oxygens (including phenoxy) is 6. The molecule has 11 N–H and O–H groups in total. The van der Waals surface area contributed by atoms with E-state index in [-0.39, 0.29) is 6.61 Å². The van der Waals surface area contributed by atoms with E-state index in [1.165, 1.54) is 6.92 Å². The van der Waals surface area contributed by atoms with Gasteiger partial charge in [0.05, 0.1) is 19.8 Å². The first-order valence-corrected chi connectivity index (χ1v) is 11.7. The van der Waals surface area contributed by atoms with Crippen molar-refractivity contribution in [2.24, 2.45) is 0 Å². The van der Waals surface area contributed by atoms with Crippen LogP contribution in [0, 0.1) is 0 Å². The first kappa shape index (κ1) is 30.9. The van der Waals surface area contributed by atoms with Crippen LogP contribution in [0.3, 0.4) is 0 Å². The van der Waals surface area contributed by atoms with Gasteiger partial charge < -0.3 is 84.6 Å². The molecule has 17 heteroatoms. The molecule has 3 aliphatic heterocycles. The topological polar surface area (TPSA) is 278 Å². The smallest absolute Gasteiger partial charge is 0.314 e. The second kappa shape index (κ2) is 12.7. The quantitative estimate of drug-likeness (QED) is 0.119. The minimum Gasteiger partial charge on any atom is -0.394 e. The molecule has 0 saturated carbocycles. The van der Waals surface area contributed by atoms with Gasteiger partial charge in [-0.2, -0.15) is 0 Å². The molecule has 218 valence electrons. The summed E-state index contributed by atoms with van der Waals surface area (Å²) in [6.45, 7) is -1.22. The summed E-state index contributed by atoms with van der Waals surface area (Å²) in [5.74, 6) is -2.59. The predicted molar refractivity (Wildman–Crippen MR) is 112 cm³/mol. The van der Waals surface area contributed by atoms with Crippen LogP contribution >= 0.6 is 0 Å². The average molecular weight is 548 g/mol. The molecule has 3 fully saturated rings. The molecule has 17 nitrogen and oxygen atoms in total. The Kier molecular flexibility index (Phi) is 10.6. The summed E-state index contributed by atoms with van der Waals surface area (Å²) in [5, 5.41) is 111. The number of aliphatic hydroxyl groups excluding tert-OH is 11. The van der Waals surface area contributed by atoms with Crippen molar-refractivity contribution in [2.75, 3.05) is 26.4 Å². The standard InChI is InChI=1S/C20H36O17/c1-2-32-20(17(30)12(27)9(24)6(3-21)36-20)37-16-8(5-23)34-19(14(29)11(16)26)35-15-7(4-22)33-18(31)13(28)10(15)25/h6-19,21-31H,2-5H2,1H3/t6-,7-,8-,9-,10-,11-,12+,13-,14-,15-,16-,17-,18+,19?,20?/m1/s1. The lowest BCUT2D eigenvalue weighted by Crippen LogP contribution is -2.71. The van der Waals surface area contributed by atoms with E-state index in [0.717, 1.165) is 0 Å². The summed E-state index contributed by atoms with van der Waals surface area (Å²) >= 11 is 0. The summed E-state index contributed by atoms with van der Waals surface area (Å²) in [5.41, 5.74) is 0. The van der Waals surface area contributed by atoms with Crippen LogP contribution in [0.25, 0.3) is 0 Å². The summed E-state index contributed by atoms with van der Waals surface area (Å²) in [6, 6.07) is 0. The Balaban J connectivity index is 1.82. The van der Waals surface area contributed by atoms with Crippen molar-refractivity contribution in [3.05, 3.63) is 0 Å². The molecule has 37 heavy (non-hydrogen) atoms. The monoisotopic (exact) mass is 548 g/mol. The third kappa shape index (κ3) is 5.93. The number of rotatable bonds is 9. The molecule has 3 aliphatic rings. The van der Waals surface area contributed by atoms with Crippen molar-refractivity contribution < 1.29 is 84.6 Å². The van der Waals surface area contributed by atoms with E-state index in [2.05, 4.69) is 0 Å². The Morgan fingerprint density at radius 2 is 1.22 bits per heavy atom. The lowest BCUT2D eigenvalue weighted by atomic mass is 9.95. The van der Waals surface area contributed by atoms with Gasteiger partial charge in [-0.3, -0.25) is 0 Å². The van der Waals surface area contributed by atoms with Crippen molar-refractivity contribution >= 4 is 0 Å². The predicted octanol–water partition coefficient (Wildman–Crippen LogP) is -7.21. The van der Waals surface area contributed by atoms with E-state index in [4.69, 9.17) is 28.4 Å². The van der Waals surface area contributed by atoms with Crippen molar-refractivity contribution in [1.82, 2.24) is 0 Å². The van der Waals surface area contributed by atoms with Crippen LogP contribution in [-0.2, 0) is 28.4 Å². The van der Waals surface area contributed by atoms with E-state index < -0.39 is 112 Å². The molecule has 3 rings (SSSR count). The second-order valence-corrected chi connectivity index (χ2v) is 8.92. The van der Waals surface area contributed by atoms with Crippen molar-refractivity contribution in [2.45, 2.75) is 98.7 Å². The summed E-state index contributed by atoms with van der Waals surface area (Å²) < 4.78 is 32.3. The first-order valence-electron chi connectivity index (χ1n) is 11.7. The highest BCUT2D eigenvalue weighted by Gasteiger charge is 2.60. The zero-order chi connectivity index (χ0) is 27.7. The Hall–Kier alpha value is -0.680. The summed E-state index contributed by atoms with van der Waals surface area (Å²) in [4.78, 5) is 0. The van der Waals surface area contributed by atoms with Gasteiger partial charge in [0, 0.05) is 6.61 Å². The Labute approximate surface area is 210 Å². The molecule has 0 radical (unpaired) electrons. The third-order valence-electron chi connectivity index (χ3n) is 6.51. The van der Waals surface area contributed by atoms with Crippen LogP contribution in [0.4, 0.5) is 0 Å². The fourth-order valence-corrected chi connectivity index (χ4v) is 4.45. The van der Waals surface area contributed by atoms with Crippen LogP contribution in [0.2, 0.25) is 0 Å². The fourth-order valence-electron chi connectivity index (χ4n) is 4.45. The van der Waals surface area contributed by atoms with Crippen molar-refractivity contribution in [1.29, 1.82) is 0 Å². The Morgan fingerprint density at radius 3 is 1.78 bits per heavy atom. The van der Waals surface area contributed by atoms with Gasteiger partial charge in [0.15, 0.2) is 18.7 Å². The van der Waals surface area contributed by atoms with Gasteiger partial charge in [0.25, 0.3) is 0 Å². The average Bonchev–Trinajstić information content (AvgIpc) is 2.89. The van der Waals surface area contributed by atoms with Crippen molar-refractivity contribution in [3.63, 3.8) is 0 Å². The van der Waals surface area contributed by atoms with Crippen molar-refractivity contribution in [3.8, 4) is 0 Å². The second-order valence-electron chi connectivity index (χ2n) is 8.92. The van der Waals surface area contributed by atoms with Gasteiger partial charge >= 0.3 is 5.97 Å². The van der Waals surface area contributed by atoms with E-state index in [0.29, 0.717) is 0 Å². The van der Waals surface area contributed by atoms with Crippen LogP contribution in [-0.4, -0.2) is 174 Å². The Bertz CT molecular complexity index is 710. The van der Waals surface area contributed by atoms with Crippen LogP contribution in [0.1, 0.15) is 6.92 Å². The zero-order valence-electron chi connectivity index (χ0n) is 19.8. The largest absolute Gasteiger partial charge is 0.394 e. The normalized spacial score (nSPS) is 51.2.